The van der Waals surface area contributed by atoms with Gasteiger partial charge in [-0.3, -0.25) is 0 Å². The molecule has 0 radical (unpaired) electrons. The van der Waals surface area contributed by atoms with Crippen LogP contribution in [0.25, 0.3) is 5.70 Å². The van der Waals surface area contributed by atoms with Gasteiger partial charge in [-0.2, -0.15) is 0 Å². The summed E-state index contributed by atoms with van der Waals surface area (Å²) in [5.74, 6) is 0.887. The Hall–Kier alpha value is -2.16. The van der Waals surface area contributed by atoms with Crippen LogP contribution in [0.5, 0.6) is 5.75 Å². The van der Waals surface area contributed by atoms with E-state index in [0.29, 0.717) is 0 Å². The Morgan fingerprint density at radius 3 is 2.90 bits per heavy atom. The fraction of sp³-hybridized carbons (Fsp3) is 0.333. The summed E-state index contributed by atoms with van der Waals surface area (Å²) < 4.78 is 5.31. The first kappa shape index (κ1) is 15.2. The van der Waals surface area contributed by atoms with Gasteiger partial charge in [0.25, 0.3) is 0 Å². The molecule has 1 atom stereocenters. The Bertz CT molecular complexity index is 562. The van der Waals surface area contributed by atoms with Gasteiger partial charge in [-0.25, -0.2) is 0 Å². The van der Waals surface area contributed by atoms with Crippen molar-refractivity contribution in [1.29, 1.82) is 0 Å². The predicted octanol–water partition coefficient (Wildman–Crippen LogP) is 3.55. The van der Waals surface area contributed by atoms with Crippen LogP contribution in [-0.2, 0) is 6.54 Å². The van der Waals surface area contributed by atoms with Crippen LogP contribution in [0.1, 0.15) is 24.0 Å². The van der Waals surface area contributed by atoms with Gasteiger partial charge in [-0.15, -0.1) is 6.58 Å². The van der Waals surface area contributed by atoms with Crippen LogP contribution in [0, 0.1) is 0 Å². The summed E-state index contributed by atoms with van der Waals surface area (Å²) in [6.45, 7) is 13.1. The van der Waals surface area contributed by atoms with E-state index in [0.717, 1.165) is 36.5 Å². The van der Waals surface area contributed by atoms with E-state index in [-0.39, 0.29) is 6.04 Å². The van der Waals surface area contributed by atoms with E-state index in [2.05, 4.69) is 42.1 Å². The Morgan fingerprint density at radius 2 is 2.29 bits per heavy atom. The highest BCUT2D eigenvalue weighted by Crippen LogP contribution is 2.37. The molecule has 1 N–H and O–H groups in total. The third kappa shape index (κ3) is 2.97. The third-order valence-electron chi connectivity index (χ3n) is 4.05. The summed E-state index contributed by atoms with van der Waals surface area (Å²) in [6.07, 6.45) is 3.88. The van der Waals surface area contributed by atoms with Crippen molar-refractivity contribution in [2.45, 2.75) is 25.4 Å². The van der Waals surface area contributed by atoms with Crippen LogP contribution >= 0.6 is 0 Å². The first-order valence-corrected chi connectivity index (χ1v) is 7.22. The SMILES string of the molecule is C=CCCC(C(=C)NC)N1Cc2cc(OC)ccc2C1=C. The number of rotatable bonds is 7. The number of ether oxygens (including phenoxy) is 1. The van der Waals surface area contributed by atoms with Crippen LogP contribution in [0.15, 0.2) is 49.7 Å². The maximum atomic E-state index is 5.31. The van der Waals surface area contributed by atoms with Crippen LogP contribution in [0.3, 0.4) is 0 Å². The van der Waals surface area contributed by atoms with E-state index in [4.69, 9.17) is 4.74 Å². The van der Waals surface area contributed by atoms with Gasteiger partial charge in [0.15, 0.2) is 0 Å². The summed E-state index contributed by atoms with van der Waals surface area (Å²) in [5, 5.41) is 3.18. The summed E-state index contributed by atoms with van der Waals surface area (Å²) in [7, 11) is 3.61. The van der Waals surface area contributed by atoms with Gasteiger partial charge in [0.2, 0.25) is 0 Å². The number of fused-ring (bicyclic) bond motifs is 1. The summed E-state index contributed by atoms with van der Waals surface area (Å²) in [5.41, 5.74) is 4.52. The molecule has 2 rings (SSSR count). The number of likely N-dealkylation sites (N-methyl/N-ethyl adjacent to an activating group) is 1. The second-order valence-corrected chi connectivity index (χ2v) is 5.25. The number of allylic oxidation sites excluding steroid dienone is 1. The molecule has 0 saturated carbocycles. The van der Waals surface area contributed by atoms with Crippen molar-refractivity contribution in [2.75, 3.05) is 14.2 Å². The number of benzene rings is 1. The van der Waals surface area contributed by atoms with Gasteiger partial charge >= 0.3 is 0 Å². The summed E-state index contributed by atoms with van der Waals surface area (Å²) >= 11 is 0. The molecule has 0 aromatic heterocycles. The minimum absolute atomic E-state index is 0.221. The molecule has 0 spiro atoms. The molecule has 3 nitrogen and oxygen atoms in total. The molecule has 1 unspecified atom stereocenters. The van der Waals surface area contributed by atoms with Crippen molar-refractivity contribution in [3.8, 4) is 5.75 Å². The highest BCUT2D eigenvalue weighted by Gasteiger charge is 2.29. The Labute approximate surface area is 127 Å². The van der Waals surface area contributed by atoms with Gasteiger partial charge in [0, 0.05) is 30.5 Å². The second-order valence-electron chi connectivity index (χ2n) is 5.25. The predicted molar refractivity (Wildman–Crippen MR) is 89.0 cm³/mol. The average molecular weight is 284 g/mol. The minimum Gasteiger partial charge on any atom is -0.497 e. The molecule has 1 aromatic rings. The van der Waals surface area contributed by atoms with Crippen LogP contribution < -0.4 is 10.1 Å². The summed E-state index contributed by atoms with van der Waals surface area (Å²) in [4.78, 5) is 2.31. The molecule has 1 aromatic carbocycles. The van der Waals surface area contributed by atoms with E-state index >= 15 is 0 Å². The molecule has 1 heterocycles. The Kier molecular flexibility index (Phi) is 4.73. The first-order valence-electron chi connectivity index (χ1n) is 7.22. The smallest absolute Gasteiger partial charge is 0.119 e. The van der Waals surface area contributed by atoms with E-state index in [1.54, 1.807) is 7.11 Å². The van der Waals surface area contributed by atoms with Gasteiger partial charge in [-0.1, -0.05) is 19.2 Å². The van der Waals surface area contributed by atoms with Gasteiger partial charge in [-0.05, 0) is 36.6 Å². The number of hydrogen-bond donors (Lipinski definition) is 1. The number of nitrogens with zero attached hydrogens (tertiary/aromatic N) is 1. The van der Waals surface area contributed by atoms with Crippen LogP contribution in [-0.4, -0.2) is 25.1 Å². The molecule has 0 fully saturated rings. The van der Waals surface area contributed by atoms with E-state index in [9.17, 15) is 0 Å². The Balaban J connectivity index is 2.26. The fourth-order valence-electron chi connectivity index (χ4n) is 2.80. The monoisotopic (exact) mass is 284 g/mol. The van der Waals surface area contributed by atoms with Crippen molar-refractivity contribution in [3.05, 3.63) is 60.8 Å². The minimum atomic E-state index is 0.221. The number of nitrogens with one attached hydrogen (secondary N) is 1. The lowest BCUT2D eigenvalue weighted by Gasteiger charge is -2.32. The molecular formula is C18H24N2O. The quantitative estimate of drug-likeness (QED) is 0.775. The average Bonchev–Trinajstić information content (AvgIpc) is 2.83. The van der Waals surface area contributed by atoms with Crippen molar-refractivity contribution in [3.63, 3.8) is 0 Å². The summed E-state index contributed by atoms with van der Waals surface area (Å²) in [6, 6.07) is 6.38. The van der Waals surface area contributed by atoms with Crippen molar-refractivity contribution < 1.29 is 4.74 Å². The maximum Gasteiger partial charge on any atom is 0.119 e. The standard InChI is InChI=1S/C18H24N2O/c1-6-7-8-18(13(2)19-4)20-12-15-11-16(21-5)9-10-17(15)14(20)3/h6,9-11,18-19H,1-3,7-8,12H2,4-5H3. The molecule has 0 saturated heterocycles. The van der Waals surface area contributed by atoms with Crippen molar-refractivity contribution >= 4 is 5.70 Å². The zero-order chi connectivity index (χ0) is 15.4. The maximum absolute atomic E-state index is 5.31. The molecule has 112 valence electrons. The van der Waals surface area contributed by atoms with Gasteiger partial charge in [0.05, 0.1) is 13.2 Å². The van der Waals surface area contributed by atoms with Crippen LogP contribution in [0.2, 0.25) is 0 Å². The Morgan fingerprint density at radius 1 is 1.52 bits per heavy atom. The lowest BCUT2D eigenvalue weighted by atomic mass is 10.1. The van der Waals surface area contributed by atoms with Crippen molar-refractivity contribution in [2.24, 2.45) is 0 Å². The van der Waals surface area contributed by atoms with Crippen molar-refractivity contribution in [1.82, 2.24) is 10.2 Å². The zero-order valence-electron chi connectivity index (χ0n) is 13.0. The molecule has 1 aliphatic rings. The largest absolute Gasteiger partial charge is 0.497 e. The van der Waals surface area contributed by atoms with E-state index < -0.39 is 0 Å². The number of hydrogen-bond acceptors (Lipinski definition) is 3. The molecular weight excluding hydrogens is 260 g/mol. The molecule has 3 heteroatoms. The van der Waals surface area contributed by atoms with Gasteiger partial charge < -0.3 is 15.0 Å². The first-order chi connectivity index (χ1) is 10.1. The van der Waals surface area contributed by atoms with Crippen LogP contribution in [0.4, 0.5) is 0 Å². The normalized spacial score (nSPS) is 14.6. The molecule has 0 bridgehead atoms. The third-order valence-corrected chi connectivity index (χ3v) is 4.05. The number of methoxy groups -OCH3 is 1. The molecule has 1 aliphatic heterocycles. The van der Waals surface area contributed by atoms with E-state index in [1.165, 1.54) is 11.1 Å². The molecule has 0 aliphatic carbocycles. The van der Waals surface area contributed by atoms with Gasteiger partial charge in [0.1, 0.15) is 5.75 Å². The molecule has 0 amide bonds. The lowest BCUT2D eigenvalue weighted by Crippen LogP contribution is -2.35. The topological polar surface area (TPSA) is 24.5 Å². The fourth-order valence-corrected chi connectivity index (χ4v) is 2.80. The highest BCUT2D eigenvalue weighted by atomic mass is 16.5. The van der Waals surface area contributed by atoms with E-state index in [1.807, 2.05) is 19.2 Å². The second kappa shape index (κ2) is 6.53. The molecule has 21 heavy (non-hydrogen) atoms. The highest BCUT2D eigenvalue weighted by molar-refractivity contribution is 5.70. The zero-order valence-corrected chi connectivity index (χ0v) is 13.0. The lowest BCUT2D eigenvalue weighted by molar-refractivity contribution is 0.312.